The predicted octanol–water partition coefficient (Wildman–Crippen LogP) is 5.84. The zero-order valence-electron chi connectivity index (χ0n) is 22.4. The molecule has 0 bridgehead atoms. The quantitative estimate of drug-likeness (QED) is 0.317. The van der Waals surface area contributed by atoms with Crippen LogP contribution in [-0.2, 0) is 11.2 Å². The summed E-state index contributed by atoms with van der Waals surface area (Å²) in [6, 6.07) is 22.8. The van der Waals surface area contributed by atoms with Crippen molar-refractivity contribution in [2.75, 3.05) is 39.5 Å². The van der Waals surface area contributed by atoms with E-state index in [-0.39, 0.29) is 18.6 Å². The first-order valence-corrected chi connectivity index (χ1v) is 13.9. The number of ether oxygens (including phenoxy) is 2. The number of rotatable bonds is 8. The van der Waals surface area contributed by atoms with Crippen molar-refractivity contribution in [3.8, 4) is 11.5 Å². The Morgan fingerprint density at radius 2 is 1.77 bits per heavy atom. The van der Waals surface area contributed by atoms with Gasteiger partial charge in [-0.3, -0.25) is 9.69 Å². The van der Waals surface area contributed by atoms with Crippen LogP contribution in [0.1, 0.15) is 41.5 Å². The summed E-state index contributed by atoms with van der Waals surface area (Å²) in [5.41, 5.74) is 5.77. The fourth-order valence-corrected chi connectivity index (χ4v) is 5.82. The normalized spacial score (nSPS) is 16.3. The maximum absolute atomic E-state index is 13.8. The van der Waals surface area contributed by atoms with Crippen LogP contribution in [-0.4, -0.2) is 60.2 Å². The van der Waals surface area contributed by atoms with Crippen LogP contribution >= 0.6 is 0 Å². The molecule has 3 heterocycles. The van der Waals surface area contributed by atoms with Crippen LogP contribution < -0.4 is 9.47 Å². The third kappa shape index (κ3) is 5.30. The molecule has 6 nitrogen and oxygen atoms in total. The standard InChI is InChI=1S/C33H35N3O3/c1-2-25-12-6-13-26-29(22-34-32(25)26)28(27-14-7-15-30-33(27)39-23-38-30)21-31(37)36-19-17-35(18-20-36)16-8-11-24-9-4-3-5-10-24/h3-15,22,28,34H,2,16-21,23H2,1H3/b11-8+. The number of aromatic nitrogens is 1. The summed E-state index contributed by atoms with van der Waals surface area (Å²) >= 11 is 0. The van der Waals surface area contributed by atoms with E-state index < -0.39 is 0 Å². The van der Waals surface area contributed by atoms with Gasteiger partial charge in [0, 0.05) is 67.7 Å². The fourth-order valence-electron chi connectivity index (χ4n) is 5.82. The van der Waals surface area contributed by atoms with E-state index in [0.717, 1.165) is 67.3 Å². The van der Waals surface area contributed by atoms with Gasteiger partial charge >= 0.3 is 0 Å². The highest BCUT2D eigenvalue weighted by molar-refractivity contribution is 5.88. The molecule has 0 saturated carbocycles. The minimum atomic E-state index is -0.137. The maximum atomic E-state index is 13.8. The zero-order chi connectivity index (χ0) is 26.6. The van der Waals surface area contributed by atoms with Gasteiger partial charge in [0.25, 0.3) is 0 Å². The number of para-hydroxylation sites is 2. The topological polar surface area (TPSA) is 57.8 Å². The van der Waals surface area contributed by atoms with Crippen molar-refractivity contribution >= 4 is 22.9 Å². The molecule has 1 N–H and O–H groups in total. The highest BCUT2D eigenvalue weighted by atomic mass is 16.7. The molecule has 6 heteroatoms. The first-order valence-electron chi connectivity index (χ1n) is 13.9. The molecule has 39 heavy (non-hydrogen) atoms. The number of piperazine rings is 1. The third-order valence-corrected chi connectivity index (χ3v) is 7.97. The van der Waals surface area contributed by atoms with Crippen LogP contribution in [0.2, 0.25) is 0 Å². The zero-order valence-corrected chi connectivity index (χ0v) is 22.4. The summed E-state index contributed by atoms with van der Waals surface area (Å²) in [7, 11) is 0. The minimum Gasteiger partial charge on any atom is -0.454 e. The summed E-state index contributed by atoms with van der Waals surface area (Å²) in [5.74, 6) is 1.54. The van der Waals surface area contributed by atoms with Gasteiger partial charge < -0.3 is 19.4 Å². The third-order valence-electron chi connectivity index (χ3n) is 7.97. The lowest BCUT2D eigenvalue weighted by Gasteiger charge is -2.35. The van der Waals surface area contributed by atoms with Gasteiger partial charge in [-0.2, -0.15) is 0 Å². The van der Waals surface area contributed by atoms with Crippen LogP contribution in [0.5, 0.6) is 11.5 Å². The molecule has 1 saturated heterocycles. The van der Waals surface area contributed by atoms with E-state index in [1.807, 2.05) is 23.1 Å². The van der Waals surface area contributed by atoms with Gasteiger partial charge in [0.1, 0.15) is 0 Å². The maximum Gasteiger partial charge on any atom is 0.231 e. The number of hydrogen-bond donors (Lipinski definition) is 1. The molecule has 1 aromatic heterocycles. The molecule has 6 rings (SSSR count). The smallest absolute Gasteiger partial charge is 0.231 e. The average molecular weight is 522 g/mol. The van der Waals surface area contributed by atoms with E-state index in [4.69, 9.17) is 9.47 Å². The van der Waals surface area contributed by atoms with Gasteiger partial charge in [-0.25, -0.2) is 0 Å². The number of H-pyrrole nitrogens is 1. The number of nitrogens with zero attached hydrogens (tertiary/aromatic N) is 2. The number of carbonyl (C=O) groups is 1. The number of benzene rings is 3. The molecule has 200 valence electrons. The number of nitrogens with one attached hydrogen (secondary N) is 1. The SMILES string of the molecule is CCc1cccc2c(C(CC(=O)N3CCN(C/C=C/c4ccccc4)CC3)c3cccc4c3OCO4)c[nH]c12. The van der Waals surface area contributed by atoms with Gasteiger partial charge in [0.2, 0.25) is 12.7 Å². The molecule has 2 aliphatic heterocycles. The number of fused-ring (bicyclic) bond motifs is 2. The molecule has 4 aromatic rings. The van der Waals surface area contributed by atoms with E-state index >= 15 is 0 Å². The second-order valence-electron chi connectivity index (χ2n) is 10.3. The molecule has 2 aliphatic rings. The lowest BCUT2D eigenvalue weighted by Crippen LogP contribution is -2.48. The fraction of sp³-hybridized carbons (Fsp3) is 0.303. The molecule has 1 atom stereocenters. The first kappa shape index (κ1) is 25.3. The average Bonchev–Trinajstić information content (AvgIpc) is 3.64. The Kier molecular flexibility index (Phi) is 7.37. The predicted molar refractivity (Wildman–Crippen MR) is 155 cm³/mol. The van der Waals surface area contributed by atoms with Crippen LogP contribution in [0.3, 0.4) is 0 Å². The second kappa shape index (κ2) is 11.4. The van der Waals surface area contributed by atoms with Crippen LogP contribution in [0.25, 0.3) is 17.0 Å². The van der Waals surface area contributed by atoms with E-state index in [1.54, 1.807) is 0 Å². The Labute approximate surface area is 229 Å². The molecule has 1 fully saturated rings. The molecular formula is C33H35N3O3. The van der Waals surface area contributed by atoms with Crippen molar-refractivity contribution < 1.29 is 14.3 Å². The van der Waals surface area contributed by atoms with Crippen molar-refractivity contribution in [3.05, 3.63) is 101 Å². The first-order chi connectivity index (χ1) is 19.2. The largest absolute Gasteiger partial charge is 0.454 e. The number of aryl methyl sites for hydroxylation is 1. The lowest BCUT2D eigenvalue weighted by atomic mass is 9.86. The van der Waals surface area contributed by atoms with Crippen molar-refractivity contribution in [2.24, 2.45) is 0 Å². The van der Waals surface area contributed by atoms with Crippen molar-refractivity contribution in [1.82, 2.24) is 14.8 Å². The monoisotopic (exact) mass is 521 g/mol. The molecular weight excluding hydrogens is 486 g/mol. The number of aromatic amines is 1. The Morgan fingerprint density at radius 1 is 0.949 bits per heavy atom. The molecule has 1 amide bonds. The van der Waals surface area contributed by atoms with Gasteiger partial charge in [-0.05, 0) is 29.2 Å². The number of hydrogen-bond acceptors (Lipinski definition) is 4. The van der Waals surface area contributed by atoms with E-state index in [0.29, 0.717) is 6.42 Å². The Balaban J connectivity index is 1.19. The Bertz CT molecular complexity index is 1470. The second-order valence-corrected chi connectivity index (χ2v) is 10.3. The van der Waals surface area contributed by atoms with E-state index in [1.165, 1.54) is 16.5 Å². The van der Waals surface area contributed by atoms with Crippen molar-refractivity contribution in [3.63, 3.8) is 0 Å². The summed E-state index contributed by atoms with van der Waals surface area (Å²) < 4.78 is 11.6. The van der Waals surface area contributed by atoms with Crippen LogP contribution in [0, 0.1) is 0 Å². The lowest BCUT2D eigenvalue weighted by molar-refractivity contribution is -0.133. The van der Waals surface area contributed by atoms with E-state index in [9.17, 15) is 4.79 Å². The molecule has 1 unspecified atom stereocenters. The summed E-state index contributed by atoms with van der Waals surface area (Å²) in [6.07, 6.45) is 7.79. The highest BCUT2D eigenvalue weighted by Crippen LogP contribution is 2.44. The van der Waals surface area contributed by atoms with Crippen molar-refractivity contribution in [2.45, 2.75) is 25.7 Å². The van der Waals surface area contributed by atoms with Crippen molar-refractivity contribution in [1.29, 1.82) is 0 Å². The summed E-state index contributed by atoms with van der Waals surface area (Å²) in [4.78, 5) is 21.7. The molecule has 0 radical (unpaired) electrons. The summed E-state index contributed by atoms with van der Waals surface area (Å²) in [5, 5.41) is 1.17. The minimum absolute atomic E-state index is 0.137. The molecule has 0 aliphatic carbocycles. The summed E-state index contributed by atoms with van der Waals surface area (Å²) in [6.45, 7) is 6.50. The van der Waals surface area contributed by atoms with Crippen LogP contribution in [0.4, 0.5) is 0 Å². The van der Waals surface area contributed by atoms with Gasteiger partial charge in [0.15, 0.2) is 11.5 Å². The molecule has 3 aromatic carbocycles. The Morgan fingerprint density at radius 3 is 2.59 bits per heavy atom. The highest BCUT2D eigenvalue weighted by Gasteiger charge is 2.30. The van der Waals surface area contributed by atoms with Gasteiger partial charge in [0.05, 0.1) is 0 Å². The number of carbonyl (C=O) groups excluding carboxylic acids is 1. The number of amides is 1. The van der Waals surface area contributed by atoms with Gasteiger partial charge in [-0.1, -0.05) is 79.7 Å². The van der Waals surface area contributed by atoms with E-state index in [2.05, 4.69) is 83.7 Å². The van der Waals surface area contributed by atoms with Gasteiger partial charge in [-0.15, -0.1) is 0 Å². The van der Waals surface area contributed by atoms with Crippen LogP contribution in [0.15, 0.2) is 79.0 Å². The molecule has 0 spiro atoms. The Hall–Kier alpha value is -4.03.